The van der Waals surface area contributed by atoms with Gasteiger partial charge in [0, 0.05) is 15.9 Å². The number of rotatable bonds is 5. The summed E-state index contributed by atoms with van der Waals surface area (Å²) in [5, 5.41) is 3.66. The molecule has 0 radical (unpaired) electrons. The predicted molar refractivity (Wildman–Crippen MR) is 124 cm³/mol. The van der Waals surface area contributed by atoms with Gasteiger partial charge in [-0.15, -0.1) is 0 Å². The Labute approximate surface area is 172 Å². The molecular formula is C26H21N2P. The standard InChI is InChI=1S/C26H21N2P/c1-27-26-20-12-11-13-22(26)21-28-29(23-14-5-2-6-15-23,24-16-7-3-8-17-24)25-18-9-4-10-19-25/h2-20H,21H2. The zero-order valence-electron chi connectivity index (χ0n) is 16.0. The topological polar surface area (TPSA) is 16.7 Å². The number of nitrogens with zero attached hydrogens (tertiary/aromatic N) is 2. The first-order chi connectivity index (χ1) is 14.3. The third-order valence-corrected chi connectivity index (χ3v) is 8.66. The molecule has 0 saturated heterocycles. The lowest BCUT2D eigenvalue weighted by Gasteiger charge is -2.27. The van der Waals surface area contributed by atoms with E-state index in [2.05, 4.69) is 77.6 Å². The minimum atomic E-state index is -2.23. The number of hydrogen-bond acceptors (Lipinski definition) is 1. The predicted octanol–water partition coefficient (Wildman–Crippen LogP) is 5.92. The van der Waals surface area contributed by atoms with Crippen molar-refractivity contribution < 1.29 is 0 Å². The molecule has 29 heavy (non-hydrogen) atoms. The Morgan fingerprint density at radius 1 is 0.586 bits per heavy atom. The summed E-state index contributed by atoms with van der Waals surface area (Å²) in [6.07, 6.45) is 0. The van der Waals surface area contributed by atoms with Gasteiger partial charge in [0.2, 0.25) is 0 Å². The lowest BCUT2D eigenvalue weighted by molar-refractivity contribution is 1.10. The van der Waals surface area contributed by atoms with E-state index >= 15 is 0 Å². The second kappa shape index (κ2) is 8.74. The van der Waals surface area contributed by atoms with Crippen molar-refractivity contribution in [3.8, 4) is 0 Å². The van der Waals surface area contributed by atoms with Crippen LogP contribution in [0.3, 0.4) is 0 Å². The molecule has 0 unspecified atom stereocenters. The second-order valence-electron chi connectivity index (χ2n) is 6.68. The van der Waals surface area contributed by atoms with Gasteiger partial charge >= 0.3 is 0 Å². The largest absolute Gasteiger partial charge is 0.286 e. The Hall–Kier alpha value is -3.40. The molecule has 0 amide bonds. The summed E-state index contributed by atoms with van der Waals surface area (Å²) in [5.74, 6) is 0. The van der Waals surface area contributed by atoms with Gasteiger partial charge in [0.1, 0.15) is 0 Å². The summed E-state index contributed by atoms with van der Waals surface area (Å²) in [5.41, 5.74) is 1.64. The van der Waals surface area contributed by atoms with Crippen molar-refractivity contribution in [2.75, 3.05) is 0 Å². The smallest absolute Gasteiger partial charge is 0.192 e. The summed E-state index contributed by atoms with van der Waals surface area (Å²) in [6.45, 7) is 8.01. The average molecular weight is 392 g/mol. The molecule has 4 aromatic carbocycles. The molecule has 0 spiro atoms. The third kappa shape index (κ3) is 3.79. The normalized spacial score (nSPS) is 10.9. The van der Waals surface area contributed by atoms with Crippen LogP contribution in [0.5, 0.6) is 0 Å². The zero-order chi connectivity index (χ0) is 19.9. The molecule has 0 aliphatic rings. The Bertz CT molecular complexity index is 1070. The summed E-state index contributed by atoms with van der Waals surface area (Å²) >= 11 is 0. The van der Waals surface area contributed by atoms with Gasteiger partial charge in [-0.05, 0) is 5.56 Å². The van der Waals surface area contributed by atoms with Gasteiger partial charge in [-0.2, -0.15) is 0 Å². The van der Waals surface area contributed by atoms with Crippen molar-refractivity contribution in [1.82, 2.24) is 0 Å². The number of para-hydroxylation sites is 1. The maximum atomic E-state index is 7.50. The van der Waals surface area contributed by atoms with E-state index in [0.29, 0.717) is 12.2 Å². The first-order valence-corrected chi connectivity index (χ1v) is 11.3. The molecule has 0 saturated carbocycles. The van der Waals surface area contributed by atoms with Crippen LogP contribution in [-0.4, -0.2) is 0 Å². The van der Waals surface area contributed by atoms with Crippen LogP contribution >= 0.6 is 7.05 Å². The SMILES string of the molecule is [C-]#[N+]c1ccccc1CN=P(c1ccccc1)(c1ccccc1)c1ccccc1. The number of hydrogen-bond donors (Lipinski definition) is 0. The average Bonchev–Trinajstić information content (AvgIpc) is 2.82. The van der Waals surface area contributed by atoms with Gasteiger partial charge in [0.25, 0.3) is 0 Å². The molecule has 0 aliphatic carbocycles. The first-order valence-electron chi connectivity index (χ1n) is 9.55. The van der Waals surface area contributed by atoms with E-state index in [1.807, 2.05) is 42.5 Å². The minimum Gasteiger partial charge on any atom is -0.286 e. The first kappa shape index (κ1) is 18.9. The monoisotopic (exact) mass is 392 g/mol. The molecule has 2 nitrogen and oxygen atoms in total. The molecule has 0 heterocycles. The fourth-order valence-corrected chi connectivity index (χ4v) is 7.12. The van der Waals surface area contributed by atoms with E-state index in [1.54, 1.807) is 0 Å². The molecular weight excluding hydrogens is 371 g/mol. The molecule has 0 bridgehead atoms. The van der Waals surface area contributed by atoms with Crippen molar-refractivity contribution in [2.45, 2.75) is 6.54 Å². The molecule has 4 rings (SSSR count). The van der Waals surface area contributed by atoms with Gasteiger partial charge < -0.3 is 0 Å². The third-order valence-electron chi connectivity index (χ3n) is 4.95. The van der Waals surface area contributed by atoms with Gasteiger partial charge in [0.15, 0.2) is 5.69 Å². The van der Waals surface area contributed by atoms with Crippen molar-refractivity contribution in [1.29, 1.82) is 0 Å². The Balaban J connectivity index is 2.02. The van der Waals surface area contributed by atoms with E-state index in [1.165, 1.54) is 15.9 Å². The Morgan fingerprint density at radius 2 is 1.00 bits per heavy atom. The van der Waals surface area contributed by atoms with Crippen molar-refractivity contribution in [3.05, 3.63) is 132 Å². The van der Waals surface area contributed by atoms with Crippen LogP contribution in [0.4, 0.5) is 5.69 Å². The van der Waals surface area contributed by atoms with Crippen LogP contribution in [0.2, 0.25) is 0 Å². The van der Waals surface area contributed by atoms with Crippen LogP contribution in [-0.2, 0) is 6.54 Å². The van der Waals surface area contributed by atoms with Gasteiger partial charge in [-0.3, -0.25) is 4.74 Å². The van der Waals surface area contributed by atoms with E-state index in [4.69, 9.17) is 11.3 Å². The van der Waals surface area contributed by atoms with Crippen LogP contribution in [0.1, 0.15) is 5.56 Å². The molecule has 0 aromatic heterocycles. The maximum absolute atomic E-state index is 7.50. The molecule has 0 aliphatic heterocycles. The van der Waals surface area contributed by atoms with Crippen molar-refractivity contribution in [2.24, 2.45) is 4.74 Å². The minimum absolute atomic E-state index is 0.505. The Kier molecular flexibility index (Phi) is 5.71. The molecule has 0 atom stereocenters. The zero-order valence-corrected chi connectivity index (χ0v) is 16.9. The highest BCUT2D eigenvalue weighted by molar-refractivity contribution is 7.87. The summed E-state index contributed by atoms with van der Waals surface area (Å²) < 4.78 is 5.41. The van der Waals surface area contributed by atoms with E-state index in [9.17, 15) is 0 Å². The summed E-state index contributed by atoms with van der Waals surface area (Å²) in [6, 6.07) is 39.5. The molecule has 4 aromatic rings. The van der Waals surface area contributed by atoms with Crippen LogP contribution in [0, 0.1) is 6.57 Å². The quantitative estimate of drug-likeness (QED) is 0.296. The fourth-order valence-electron chi connectivity index (χ4n) is 3.56. The molecule has 3 heteroatoms. The molecule has 140 valence electrons. The highest BCUT2D eigenvalue weighted by Crippen LogP contribution is 2.47. The second-order valence-corrected chi connectivity index (χ2v) is 9.78. The molecule has 0 fully saturated rings. The van der Waals surface area contributed by atoms with Gasteiger partial charge in [-0.25, -0.2) is 4.85 Å². The highest BCUT2D eigenvalue weighted by atomic mass is 31.2. The lowest BCUT2D eigenvalue weighted by atomic mass is 10.2. The number of benzene rings is 4. The van der Waals surface area contributed by atoms with Crippen LogP contribution < -0.4 is 15.9 Å². The van der Waals surface area contributed by atoms with Crippen LogP contribution in [0.15, 0.2) is 120 Å². The van der Waals surface area contributed by atoms with Crippen molar-refractivity contribution in [3.63, 3.8) is 0 Å². The highest BCUT2D eigenvalue weighted by Gasteiger charge is 2.26. The summed E-state index contributed by atoms with van der Waals surface area (Å²) in [4.78, 5) is 3.69. The van der Waals surface area contributed by atoms with Crippen LogP contribution in [0.25, 0.3) is 4.85 Å². The fraction of sp³-hybridized carbons (Fsp3) is 0.0385. The summed E-state index contributed by atoms with van der Waals surface area (Å²) in [7, 11) is -2.23. The Morgan fingerprint density at radius 3 is 1.45 bits per heavy atom. The van der Waals surface area contributed by atoms with Gasteiger partial charge in [-0.1, -0.05) is 115 Å². The van der Waals surface area contributed by atoms with E-state index in [-0.39, 0.29) is 0 Å². The molecule has 0 N–H and O–H groups in total. The van der Waals surface area contributed by atoms with Crippen molar-refractivity contribution >= 4 is 28.7 Å². The van der Waals surface area contributed by atoms with E-state index < -0.39 is 7.05 Å². The maximum Gasteiger partial charge on any atom is 0.192 e. The van der Waals surface area contributed by atoms with Gasteiger partial charge in [0.05, 0.1) is 20.2 Å². The lowest BCUT2D eigenvalue weighted by Crippen LogP contribution is -2.25. The van der Waals surface area contributed by atoms with E-state index in [0.717, 1.165) is 5.56 Å².